The van der Waals surface area contributed by atoms with Gasteiger partial charge >= 0.3 is 11.9 Å². The second kappa shape index (κ2) is 8.79. The minimum Gasteiger partial charge on any atom is -0.469 e. The van der Waals surface area contributed by atoms with Crippen molar-refractivity contribution in [1.29, 1.82) is 0 Å². The maximum absolute atomic E-state index is 11.6. The first-order valence-electron chi connectivity index (χ1n) is 10.5. The number of hydrogen-bond acceptors (Lipinski definition) is 4. The molecular formula is C23H38O4. The second-order valence-electron chi connectivity index (χ2n) is 9.56. The van der Waals surface area contributed by atoms with Gasteiger partial charge in [-0.3, -0.25) is 9.59 Å². The van der Waals surface area contributed by atoms with Gasteiger partial charge in [0.25, 0.3) is 0 Å². The number of carbonyl (C=O) groups is 2. The van der Waals surface area contributed by atoms with Gasteiger partial charge in [0.15, 0.2) is 0 Å². The largest absolute Gasteiger partial charge is 0.469 e. The van der Waals surface area contributed by atoms with Crippen molar-refractivity contribution in [3.8, 4) is 0 Å². The Hall–Kier alpha value is -1.32. The van der Waals surface area contributed by atoms with Crippen molar-refractivity contribution in [1.82, 2.24) is 0 Å². The quantitative estimate of drug-likeness (QED) is 0.445. The molecule has 4 nitrogen and oxygen atoms in total. The van der Waals surface area contributed by atoms with E-state index in [1.165, 1.54) is 32.4 Å². The molecule has 2 aliphatic rings. The summed E-state index contributed by atoms with van der Waals surface area (Å²) < 4.78 is 10.3. The summed E-state index contributed by atoms with van der Waals surface area (Å²) in [4.78, 5) is 23.0. The van der Waals surface area contributed by atoms with Crippen LogP contribution < -0.4 is 0 Å². The SMILES string of the molecule is C=C1CCC2C(C)(COC(C)=O)CCCC2(C)C1CCC(C)CC(=O)OC. The Morgan fingerprint density at radius 2 is 2.00 bits per heavy atom. The first-order valence-corrected chi connectivity index (χ1v) is 10.5. The van der Waals surface area contributed by atoms with E-state index >= 15 is 0 Å². The number of hydrogen-bond donors (Lipinski definition) is 0. The zero-order chi connectivity index (χ0) is 20.2. The molecule has 0 aromatic rings. The van der Waals surface area contributed by atoms with Gasteiger partial charge in [0, 0.05) is 18.8 Å². The summed E-state index contributed by atoms with van der Waals surface area (Å²) in [7, 11) is 1.45. The van der Waals surface area contributed by atoms with Gasteiger partial charge in [0.05, 0.1) is 13.7 Å². The van der Waals surface area contributed by atoms with E-state index in [2.05, 4.69) is 27.4 Å². The Labute approximate surface area is 165 Å². The molecule has 4 heteroatoms. The molecule has 154 valence electrons. The summed E-state index contributed by atoms with van der Waals surface area (Å²) in [5.41, 5.74) is 1.62. The highest BCUT2D eigenvalue weighted by atomic mass is 16.5. The van der Waals surface area contributed by atoms with Gasteiger partial charge in [-0.15, -0.1) is 0 Å². The lowest BCUT2D eigenvalue weighted by Gasteiger charge is -2.58. The number of fused-ring (bicyclic) bond motifs is 1. The number of esters is 2. The lowest BCUT2D eigenvalue weighted by molar-refractivity contribution is -0.153. The Balaban J connectivity index is 2.12. The molecule has 0 aromatic heterocycles. The third-order valence-corrected chi connectivity index (χ3v) is 7.44. The molecule has 2 rings (SSSR count). The van der Waals surface area contributed by atoms with Crippen molar-refractivity contribution in [2.75, 3.05) is 13.7 Å². The Kier molecular flexibility index (Phi) is 7.15. The summed E-state index contributed by atoms with van der Waals surface area (Å²) in [6.45, 7) is 13.3. The fourth-order valence-electron chi connectivity index (χ4n) is 5.98. The highest BCUT2D eigenvalue weighted by Crippen LogP contribution is 2.62. The van der Waals surface area contributed by atoms with Crippen LogP contribution in [0.1, 0.15) is 79.1 Å². The molecule has 0 aromatic carbocycles. The normalized spacial score (nSPS) is 34.5. The predicted molar refractivity (Wildman–Crippen MR) is 107 cm³/mol. The number of rotatable bonds is 7. The molecule has 0 spiro atoms. The average molecular weight is 379 g/mol. The van der Waals surface area contributed by atoms with E-state index in [1.807, 2.05) is 0 Å². The van der Waals surface area contributed by atoms with Crippen molar-refractivity contribution in [3.05, 3.63) is 12.2 Å². The molecule has 0 heterocycles. The molecule has 0 radical (unpaired) electrons. The van der Waals surface area contributed by atoms with Crippen molar-refractivity contribution in [2.24, 2.45) is 28.6 Å². The molecule has 2 saturated carbocycles. The molecule has 2 fully saturated rings. The fraction of sp³-hybridized carbons (Fsp3) is 0.826. The average Bonchev–Trinajstić information content (AvgIpc) is 2.59. The highest BCUT2D eigenvalue weighted by Gasteiger charge is 2.54. The number of ether oxygens (including phenoxy) is 2. The van der Waals surface area contributed by atoms with Crippen LogP contribution in [0, 0.1) is 28.6 Å². The molecule has 5 unspecified atom stereocenters. The topological polar surface area (TPSA) is 52.6 Å². The predicted octanol–water partition coefficient (Wildman–Crippen LogP) is 5.31. The van der Waals surface area contributed by atoms with Crippen molar-refractivity contribution < 1.29 is 19.1 Å². The first-order chi connectivity index (χ1) is 12.6. The fourth-order valence-corrected chi connectivity index (χ4v) is 5.98. The van der Waals surface area contributed by atoms with E-state index in [0.717, 1.165) is 32.1 Å². The summed E-state index contributed by atoms with van der Waals surface area (Å²) in [5, 5.41) is 0. The van der Waals surface area contributed by atoms with Crippen LogP contribution in [0.25, 0.3) is 0 Å². The molecule has 0 saturated heterocycles. The van der Waals surface area contributed by atoms with Crippen molar-refractivity contribution in [2.45, 2.75) is 79.1 Å². The minimum absolute atomic E-state index is 0.0508. The Bertz CT molecular complexity index is 569. The Morgan fingerprint density at radius 3 is 2.63 bits per heavy atom. The van der Waals surface area contributed by atoms with Crippen LogP contribution in [0.15, 0.2) is 12.2 Å². The summed E-state index contributed by atoms with van der Waals surface area (Å²) in [6, 6.07) is 0. The maximum Gasteiger partial charge on any atom is 0.305 e. The number of allylic oxidation sites excluding steroid dienone is 1. The third-order valence-electron chi connectivity index (χ3n) is 7.44. The third kappa shape index (κ3) is 4.94. The van der Waals surface area contributed by atoms with E-state index < -0.39 is 0 Å². The molecule has 0 aliphatic heterocycles. The zero-order valence-corrected chi connectivity index (χ0v) is 17.9. The molecule has 0 bridgehead atoms. The van der Waals surface area contributed by atoms with Gasteiger partial charge in [-0.2, -0.15) is 0 Å². The second-order valence-corrected chi connectivity index (χ2v) is 9.56. The molecular weight excluding hydrogens is 340 g/mol. The van der Waals surface area contributed by atoms with E-state index in [4.69, 9.17) is 9.47 Å². The van der Waals surface area contributed by atoms with E-state index in [0.29, 0.717) is 30.8 Å². The number of methoxy groups -OCH3 is 1. The summed E-state index contributed by atoms with van der Waals surface area (Å²) >= 11 is 0. The van der Waals surface area contributed by atoms with Crippen LogP contribution in [0.3, 0.4) is 0 Å². The van der Waals surface area contributed by atoms with Crippen LogP contribution >= 0.6 is 0 Å². The summed E-state index contributed by atoms with van der Waals surface area (Å²) in [5.74, 6) is 1.04. The van der Waals surface area contributed by atoms with Crippen LogP contribution in [0.4, 0.5) is 0 Å². The van der Waals surface area contributed by atoms with Gasteiger partial charge in [0.1, 0.15) is 0 Å². The number of carbonyl (C=O) groups excluding carboxylic acids is 2. The molecule has 0 amide bonds. The zero-order valence-electron chi connectivity index (χ0n) is 17.9. The minimum atomic E-state index is -0.183. The van der Waals surface area contributed by atoms with Gasteiger partial charge in [-0.25, -0.2) is 0 Å². The lowest BCUT2D eigenvalue weighted by atomic mass is 9.46. The van der Waals surface area contributed by atoms with Gasteiger partial charge in [-0.1, -0.05) is 39.3 Å². The van der Waals surface area contributed by atoms with Gasteiger partial charge in [-0.05, 0) is 61.7 Å². The lowest BCUT2D eigenvalue weighted by Crippen LogP contribution is -2.52. The maximum atomic E-state index is 11.6. The van der Waals surface area contributed by atoms with Crippen molar-refractivity contribution in [3.63, 3.8) is 0 Å². The van der Waals surface area contributed by atoms with E-state index in [1.54, 1.807) is 0 Å². The van der Waals surface area contributed by atoms with Crippen LogP contribution in [-0.4, -0.2) is 25.7 Å². The summed E-state index contributed by atoms with van der Waals surface area (Å²) in [6.07, 6.45) is 8.29. The van der Waals surface area contributed by atoms with E-state index in [9.17, 15) is 9.59 Å². The van der Waals surface area contributed by atoms with Crippen LogP contribution in [0.5, 0.6) is 0 Å². The highest BCUT2D eigenvalue weighted by molar-refractivity contribution is 5.69. The smallest absolute Gasteiger partial charge is 0.305 e. The molecule has 0 N–H and O–H groups in total. The molecule has 5 atom stereocenters. The van der Waals surface area contributed by atoms with Gasteiger partial charge < -0.3 is 9.47 Å². The standard InChI is InChI=1S/C23H38O4/c1-16(14-21(25)26-6)8-10-19-17(2)9-11-20-22(4,15-27-18(3)24)12-7-13-23(19,20)5/h16,19-20H,2,7-15H2,1,3-6H3. The molecule has 2 aliphatic carbocycles. The van der Waals surface area contributed by atoms with Crippen molar-refractivity contribution >= 4 is 11.9 Å². The molecule has 27 heavy (non-hydrogen) atoms. The van der Waals surface area contributed by atoms with Crippen LogP contribution in [0.2, 0.25) is 0 Å². The van der Waals surface area contributed by atoms with E-state index in [-0.39, 0.29) is 22.8 Å². The van der Waals surface area contributed by atoms with Gasteiger partial charge in [0.2, 0.25) is 0 Å². The van der Waals surface area contributed by atoms with Crippen LogP contribution in [-0.2, 0) is 19.1 Å². The Morgan fingerprint density at radius 1 is 1.30 bits per heavy atom. The first kappa shape index (κ1) is 22.0. The monoisotopic (exact) mass is 378 g/mol.